The van der Waals surface area contributed by atoms with E-state index in [4.69, 9.17) is 11.6 Å². The summed E-state index contributed by atoms with van der Waals surface area (Å²) >= 11 is 6.01. The van der Waals surface area contributed by atoms with Gasteiger partial charge in [-0.25, -0.2) is 13.9 Å². The Labute approximate surface area is 136 Å². The van der Waals surface area contributed by atoms with Crippen molar-refractivity contribution in [2.75, 3.05) is 18.0 Å². The van der Waals surface area contributed by atoms with E-state index in [-0.39, 0.29) is 5.02 Å². The number of benzene rings is 1. The van der Waals surface area contributed by atoms with Crippen molar-refractivity contribution in [2.45, 2.75) is 12.8 Å². The van der Waals surface area contributed by atoms with Gasteiger partial charge in [-0.05, 0) is 30.5 Å². The van der Waals surface area contributed by atoms with Crippen molar-refractivity contribution < 1.29 is 8.78 Å². The fourth-order valence-electron chi connectivity index (χ4n) is 2.61. The summed E-state index contributed by atoms with van der Waals surface area (Å²) in [6, 6.07) is 3.86. The van der Waals surface area contributed by atoms with Crippen LogP contribution < -0.4 is 10.5 Å². The highest BCUT2D eigenvalue weighted by molar-refractivity contribution is 6.33. The van der Waals surface area contributed by atoms with E-state index < -0.39 is 17.2 Å². The molecule has 0 aliphatic carbocycles. The van der Waals surface area contributed by atoms with Crippen molar-refractivity contribution >= 4 is 23.4 Å². The van der Waals surface area contributed by atoms with Gasteiger partial charge in [-0.15, -0.1) is 0 Å². The van der Waals surface area contributed by atoms with Gasteiger partial charge in [-0.1, -0.05) is 29.3 Å². The van der Waals surface area contributed by atoms with Gasteiger partial charge in [0.05, 0.1) is 11.9 Å². The predicted molar refractivity (Wildman–Crippen MR) is 85.6 cm³/mol. The average molecular weight is 338 g/mol. The molecule has 0 bridgehead atoms. The maximum atomic E-state index is 13.2. The van der Waals surface area contributed by atoms with Crippen molar-refractivity contribution in [3.8, 4) is 0 Å². The lowest BCUT2D eigenvalue weighted by Gasteiger charge is -2.30. The van der Waals surface area contributed by atoms with Gasteiger partial charge in [0, 0.05) is 13.1 Å². The minimum Gasteiger partial charge on any atom is -0.368 e. The number of piperidine rings is 1. The monoisotopic (exact) mass is 337 g/mol. The van der Waals surface area contributed by atoms with Crippen molar-refractivity contribution in [3.05, 3.63) is 62.5 Å². The molecule has 0 spiro atoms. The van der Waals surface area contributed by atoms with Gasteiger partial charge in [0.2, 0.25) is 0 Å². The number of rotatable bonds is 2. The highest BCUT2D eigenvalue weighted by Gasteiger charge is 2.18. The summed E-state index contributed by atoms with van der Waals surface area (Å²) in [4.78, 5) is 13.5. The number of aromatic nitrogens is 2. The smallest absolute Gasteiger partial charge is 0.285 e. The Morgan fingerprint density at radius 1 is 1.22 bits per heavy atom. The first kappa shape index (κ1) is 15.7. The van der Waals surface area contributed by atoms with Crippen LogP contribution >= 0.6 is 11.6 Å². The van der Waals surface area contributed by atoms with Gasteiger partial charge < -0.3 is 4.90 Å². The highest BCUT2D eigenvalue weighted by atomic mass is 35.5. The number of nitrogens with zero attached hydrogens (tertiary/aromatic N) is 2. The lowest BCUT2D eigenvalue weighted by Crippen LogP contribution is -2.32. The first-order valence-corrected chi connectivity index (χ1v) is 7.55. The number of hydrogen-bond donors (Lipinski definition) is 1. The molecule has 2 heterocycles. The predicted octanol–water partition coefficient (Wildman–Crippen LogP) is 3.39. The third-order valence-corrected chi connectivity index (χ3v) is 4.20. The molecule has 0 saturated carbocycles. The molecule has 120 valence electrons. The molecular weight excluding hydrogens is 324 g/mol. The second-order valence-corrected chi connectivity index (χ2v) is 5.74. The fourth-order valence-corrected chi connectivity index (χ4v) is 2.82. The zero-order chi connectivity index (χ0) is 16.4. The number of H-pyrrole nitrogens is 1. The molecule has 23 heavy (non-hydrogen) atoms. The summed E-state index contributed by atoms with van der Waals surface area (Å²) in [5.41, 5.74) is 1.99. The Kier molecular flexibility index (Phi) is 4.43. The molecule has 7 heteroatoms. The van der Waals surface area contributed by atoms with Gasteiger partial charge in [0.1, 0.15) is 5.02 Å². The SMILES string of the molecule is O=c1[nH]ncc(N2CCC(=Cc3ccc(F)c(F)c3)CC2)c1Cl. The lowest BCUT2D eigenvalue weighted by molar-refractivity contribution is 0.508. The van der Waals surface area contributed by atoms with Crippen LogP contribution in [0.1, 0.15) is 18.4 Å². The quantitative estimate of drug-likeness (QED) is 0.914. The molecule has 0 radical (unpaired) electrons. The molecule has 1 fully saturated rings. The van der Waals surface area contributed by atoms with Gasteiger partial charge >= 0.3 is 0 Å². The van der Waals surface area contributed by atoms with E-state index in [1.165, 1.54) is 12.3 Å². The van der Waals surface area contributed by atoms with Crippen LogP contribution in [0, 0.1) is 11.6 Å². The normalized spacial score (nSPS) is 14.9. The van der Waals surface area contributed by atoms with Crippen LogP contribution in [-0.4, -0.2) is 23.3 Å². The zero-order valence-corrected chi connectivity index (χ0v) is 12.9. The Hall–Kier alpha value is -2.21. The minimum atomic E-state index is -0.849. The van der Waals surface area contributed by atoms with E-state index in [0.29, 0.717) is 24.3 Å². The second kappa shape index (κ2) is 6.50. The molecule has 1 saturated heterocycles. The van der Waals surface area contributed by atoms with Crippen LogP contribution in [0.15, 0.2) is 34.8 Å². The molecule has 1 aromatic heterocycles. The van der Waals surface area contributed by atoms with E-state index in [2.05, 4.69) is 10.2 Å². The van der Waals surface area contributed by atoms with E-state index in [0.717, 1.165) is 24.5 Å². The maximum Gasteiger partial charge on any atom is 0.285 e. The van der Waals surface area contributed by atoms with Crippen molar-refractivity contribution in [1.29, 1.82) is 0 Å². The summed E-state index contributed by atoms with van der Waals surface area (Å²) < 4.78 is 26.2. The molecule has 0 atom stereocenters. The highest BCUT2D eigenvalue weighted by Crippen LogP contribution is 2.27. The number of aromatic amines is 1. The van der Waals surface area contributed by atoms with E-state index in [1.54, 1.807) is 6.07 Å². The number of anilines is 1. The van der Waals surface area contributed by atoms with E-state index in [1.807, 2.05) is 11.0 Å². The third-order valence-electron chi connectivity index (χ3n) is 3.84. The van der Waals surface area contributed by atoms with Crippen molar-refractivity contribution in [1.82, 2.24) is 10.2 Å². The lowest BCUT2D eigenvalue weighted by atomic mass is 10.0. The molecule has 2 aromatic rings. The van der Waals surface area contributed by atoms with Gasteiger partial charge in [-0.2, -0.15) is 5.10 Å². The molecule has 1 aliphatic rings. The number of nitrogens with one attached hydrogen (secondary N) is 1. The Bertz CT molecular complexity index is 809. The summed E-state index contributed by atoms with van der Waals surface area (Å²) in [5.74, 6) is -1.70. The largest absolute Gasteiger partial charge is 0.368 e. The molecule has 3 rings (SSSR count). The standard InChI is InChI=1S/C16H14ClF2N3O/c17-15-14(9-20-21-16(15)23)22-5-3-10(4-6-22)7-11-1-2-12(18)13(19)8-11/h1-2,7-9H,3-6H2,(H,21,23). The van der Waals surface area contributed by atoms with Crippen molar-refractivity contribution in [2.24, 2.45) is 0 Å². The summed E-state index contributed by atoms with van der Waals surface area (Å²) in [6.07, 6.45) is 4.91. The Morgan fingerprint density at radius 3 is 2.65 bits per heavy atom. The van der Waals surface area contributed by atoms with Crippen LogP contribution in [-0.2, 0) is 0 Å². The van der Waals surface area contributed by atoms with Gasteiger partial charge in [-0.3, -0.25) is 4.79 Å². The maximum absolute atomic E-state index is 13.2. The first-order chi connectivity index (χ1) is 11.0. The second-order valence-electron chi connectivity index (χ2n) is 5.36. The van der Waals surface area contributed by atoms with Crippen molar-refractivity contribution in [3.63, 3.8) is 0 Å². The Balaban J connectivity index is 1.73. The van der Waals surface area contributed by atoms with Crippen LogP contribution in [0.2, 0.25) is 5.02 Å². The van der Waals surface area contributed by atoms with Gasteiger partial charge in [0.25, 0.3) is 5.56 Å². The number of hydrogen-bond acceptors (Lipinski definition) is 3. The summed E-state index contributed by atoms with van der Waals surface area (Å²) in [7, 11) is 0. The van der Waals surface area contributed by atoms with E-state index >= 15 is 0 Å². The molecule has 0 amide bonds. The molecule has 0 unspecified atom stereocenters. The van der Waals surface area contributed by atoms with Gasteiger partial charge in [0.15, 0.2) is 11.6 Å². The molecule has 1 N–H and O–H groups in total. The molecule has 4 nitrogen and oxygen atoms in total. The number of halogens is 3. The van der Waals surface area contributed by atoms with Crippen LogP contribution in [0.3, 0.4) is 0 Å². The molecular formula is C16H14ClF2N3O. The van der Waals surface area contributed by atoms with E-state index in [9.17, 15) is 13.6 Å². The van der Waals surface area contributed by atoms with Crippen LogP contribution in [0.5, 0.6) is 0 Å². The summed E-state index contributed by atoms with van der Waals surface area (Å²) in [5, 5.41) is 6.19. The first-order valence-electron chi connectivity index (χ1n) is 7.17. The topological polar surface area (TPSA) is 49.0 Å². The minimum absolute atomic E-state index is 0.132. The third kappa shape index (κ3) is 3.42. The summed E-state index contributed by atoms with van der Waals surface area (Å²) in [6.45, 7) is 1.36. The van der Waals surface area contributed by atoms with Crippen LogP contribution in [0.25, 0.3) is 6.08 Å². The fraction of sp³-hybridized carbons (Fsp3) is 0.250. The zero-order valence-electron chi connectivity index (χ0n) is 12.2. The average Bonchev–Trinajstić information content (AvgIpc) is 2.55. The van der Waals surface area contributed by atoms with Crippen LogP contribution in [0.4, 0.5) is 14.5 Å². The Morgan fingerprint density at radius 2 is 1.96 bits per heavy atom. The molecule has 1 aromatic carbocycles. The molecule has 1 aliphatic heterocycles.